The van der Waals surface area contributed by atoms with Crippen molar-refractivity contribution in [2.45, 2.75) is 51.9 Å². The predicted molar refractivity (Wildman–Crippen MR) is 143 cm³/mol. The Morgan fingerprint density at radius 1 is 1.11 bits per heavy atom. The van der Waals surface area contributed by atoms with Crippen LogP contribution in [-0.2, 0) is 16.0 Å². The molecule has 1 unspecified atom stereocenters. The van der Waals surface area contributed by atoms with E-state index < -0.39 is 5.97 Å². The number of esters is 1. The van der Waals surface area contributed by atoms with E-state index in [0.717, 1.165) is 59.8 Å². The lowest BCUT2D eigenvalue weighted by molar-refractivity contribution is -0.137. The van der Waals surface area contributed by atoms with Crippen LogP contribution >= 0.6 is 0 Å². The van der Waals surface area contributed by atoms with Gasteiger partial charge in [-0.1, -0.05) is 32.4 Å². The Morgan fingerprint density at radius 3 is 2.72 bits per heavy atom. The molecule has 36 heavy (non-hydrogen) atoms. The van der Waals surface area contributed by atoms with Crippen LogP contribution in [-0.4, -0.2) is 38.0 Å². The maximum Gasteiger partial charge on any atom is 0.330 e. The van der Waals surface area contributed by atoms with E-state index in [1.165, 1.54) is 24.8 Å². The number of fused-ring (bicyclic) bond motifs is 1. The van der Waals surface area contributed by atoms with Crippen molar-refractivity contribution in [3.63, 3.8) is 0 Å². The fourth-order valence-corrected chi connectivity index (χ4v) is 4.12. The Hall–Kier alpha value is -3.25. The van der Waals surface area contributed by atoms with Gasteiger partial charge in [-0.3, -0.25) is 0 Å². The quantitative estimate of drug-likeness (QED) is 0.135. The van der Waals surface area contributed by atoms with Crippen molar-refractivity contribution in [1.82, 2.24) is 0 Å². The van der Waals surface area contributed by atoms with Gasteiger partial charge in [0.15, 0.2) is 0 Å². The number of rotatable bonds is 16. The molecule has 0 aliphatic carbocycles. The van der Waals surface area contributed by atoms with E-state index in [1.54, 1.807) is 7.11 Å². The number of benzene rings is 2. The number of aliphatic hydroxyl groups excluding tert-OH is 1. The third-order valence-corrected chi connectivity index (χ3v) is 6.25. The van der Waals surface area contributed by atoms with Gasteiger partial charge in [0, 0.05) is 30.1 Å². The minimum Gasteiger partial charge on any atom is -0.496 e. The predicted octanol–water partition coefficient (Wildman–Crippen LogP) is 6.73. The zero-order valence-electron chi connectivity index (χ0n) is 21.5. The van der Waals surface area contributed by atoms with Crippen LogP contribution in [0, 0.1) is 5.92 Å². The third kappa shape index (κ3) is 7.89. The fraction of sp³-hybridized carbons (Fsp3) is 0.433. The number of ether oxygens (including phenoxy) is 3. The molecule has 194 valence electrons. The molecule has 0 saturated carbocycles. The van der Waals surface area contributed by atoms with Crippen molar-refractivity contribution >= 4 is 16.9 Å². The molecule has 0 aliphatic heterocycles. The Kier molecular flexibility index (Phi) is 10.9. The summed E-state index contributed by atoms with van der Waals surface area (Å²) in [4.78, 5) is 11.1. The monoisotopic (exact) mass is 494 g/mol. The zero-order chi connectivity index (χ0) is 25.8. The van der Waals surface area contributed by atoms with Crippen LogP contribution in [0.1, 0.15) is 51.0 Å². The number of hydrogen-bond donors (Lipinski definition) is 1. The molecule has 1 atom stereocenters. The first-order valence-corrected chi connectivity index (χ1v) is 12.8. The van der Waals surface area contributed by atoms with Crippen molar-refractivity contribution in [1.29, 1.82) is 0 Å². The second-order valence-corrected chi connectivity index (χ2v) is 9.03. The highest BCUT2D eigenvalue weighted by molar-refractivity contribution is 5.85. The molecule has 3 aromatic rings. The minimum absolute atomic E-state index is 0.00284. The summed E-state index contributed by atoms with van der Waals surface area (Å²) < 4.78 is 22.8. The number of aryl methyl sites for hydroxylation is 1. The highest BCUT2D eigenvalue weighted by Gasteiger charge is 2.14. The molecule has 0 bridgehead atoms. The smallest absolute Gasteiger partial charge is 0.330 e. The van der Waals surface area contributed by atoms with E-state index >= 15 is 0 Å². The topological polar surface area (TPSA) is 78.1 Å². The van der Waals surface area contributed by atoms with Crippen LogP contribution in [0.25, 0.3) is 22.3 Å². The van der Waals surface area contributed by atoms with Gasteiger partial charge in [-0.15, -0.1) is 0 Å². The van der Waals surface area contributed by atoms with E-state index in [0.29, 0.717) is 19.0 Å². The lowest BCUT2D eigenvalue weighted by atomic mass is 10.0. The average Bonchev–Trinajstić information content (AvgIpc) is 3.33. The van der Waals surface area contributed by atoms with E-state index in [-0.39, 0.29) is 12.5 Å². The molecule has 6 heteroatoms. The van der Waals surface area contributed by atoms with E-state index in [1.807, 2.05) is 24.3 Å². The Balaban J connectivity index is 1.60. The lowest BCUT2D eigenvalue weighted by Crippen LogP contribution is -2.16. The first kappa shape index (κ1) is 27.3. The van der Waals surface area contributed by atoms with Gasteiger partial charge in [0.2, 0.25) is 0 Å². The van der Waals surface area contributed by atoms with E-state index in [4.69, 9.17) is 18.6 Å². The number of hydrogen-bond acceptors (Lipinski definition) is 6. The van der Waals surface area contributed by atoms with Crippen molar-refractivity contribution in [2.24, 2.45) is 5.92 Å². The molecular weight excluding hydrogens is 456 g/mol. The van der Waals surface area contributed by atoms with Crippen molar-refractivity contribution in [3.8, 4) is 22.8 Å². The van der Waals surface area contributed by atoms with Crippen LogP contribution in [0.3, 0.4) is 0 Å². The average molecular weight is 495 g/mol. The SMILES string of the molecule is C=CC(=O)OCCCCC(CO)COc1ccc2cc(-c3ccc(CCCCC)cc3OC)oc2c1. The number of furan rings is 1. The van der Waals surface area contributed by atoms with Gasteiger partial charge in [-0.05, 0) is 68.0 Å². The summed E-state index contributed by atoms with van der Waals surface area (Å²) >= 11 is 0. The molecule has 0 radical (unpaired) electrons. The van der Waals surface area contributed by atoms with Gasteiger partial charge < -0.3 is 23.7 Å². The van der Waals surface area contributed by atoms with Crippen LogP contribution in [0.15, 0.2) is 59.5 Å². The summed E-state index contributed by atoms with van der Waals surface area (Å²) in [5, 5.41) is 10.7. The van der Waals surface area contributed by atoms with Crippen molar-refractivity contribution in [3.05, 3.63) is 60.7 Å². The second-order valence-electron chi connectivity index (χ2n) is 9.03. The van der Waals surface area contributed by atoms with E-state index in [2.05, 4.69) is 31.7 Å². The van der Waals surface area contributed by atoms with Gasteiger partial charge in [0.25, 0.3) is 0 Å². The number of aliphatic hydroxyl groups is 1. The summed E-state index contributed by atoms with van der Waals surface area (Å²) in [5.74, 6) is 1.85. The van der Waals surface area contributed by atoms with Gasteiger partial charge >= 0.3 is 5.97 Å². The molecule has 0 amide bonds. The lowest BCUT2D eigenvalue weighted by Gasteiger charge is -2.15. The molecule has 2 aromatic carbocycles. The number of carbonyl (C=O) groups is 1. The summed E-state index contributed by atoms with van der Waals surface area (Å²) in [6.45, 7) is 6.37. The first-order chi connectivity index (χ1) is 17.6. The molecule has 3 rings (SSSR count). The highest BCUT2D eigenvalue weighted by atomic mass is 16.5. The van der Waals surface area contributed by atoms with Crippen molar-refractivity contribution in [2.75, 3.05) is 26.9 Å². The van der Waals surface area contributed by atoms with Crippen LogP contribution in [0.5, 0.6) is 11.5 Å². The number of unbranched alkanes of at least 4 members (excludes halogenated alkanes) is 3. The van der Waals surface area contributed by atoms with Gasteiger partial charge in [-0.25, -0.2) is 4.79 Å². The third-order valence-electron chi connectivity index (χ3n) is 6.25. The summed E-state index contributed by atoms with van der Waals surface area (Å²) in [5.41, 5.74) is 2.93. The molecule has 1 heterocycles. The normalized spacial score (nSPS) is 11.9. The van der Waals surface area contributed by atoms with Gasteiger partial charge in [-0.2, -0.15) is 0 Å². The maximum atomic E-state index is 11.1. The zero-order valence-corrected chi connectivity index (χ0v) is 21.5. The summed E-state index contributed by atoms with van der Waals surface area (Å²) in [6, 6.07) is 14.1. The maximum absolute atomic E-state index is 11.1. The molecule has 6 nitrogen and oxygen atoms in total. The fourth-order valence-electron chi connectivity index (χ4n) is 4.12. The van der Waals surface area contributed by atoms with E-state index in [9.17, 15) is 9.90 Å². The highest BCUT2D eigenvalue weighted by Crippen LogP contribution is 2.36. The Morgan fingerprint density at radius 2 is 1.97 bits per heavy atom. The van der Waals surface area contributed by atoms with Crippen molar-refractivity contribution < 1.29 is 28.5 Å². The molecule has 0 saturated heterocycles. The Bertz CT molecular complexity index is 1120. The van der Waals surface area contributed by atoms with Crippen LogP contribution in [0.4, 0.5) is 0 Å². The standard InChI is InChI=1S/C30H38O6/c1-4-6-7-10-22-12-15-26(28(17-22)33-3)29-18-24-13-14-25(19-27(24)36-29)35-21-23(20-31)11-8-9-16-34-30(32)5-2/h5,12-15,17-19,23,31H,2,4,6-11,16,20-21H2,1,3H3. The largest absolute Gasteiger partial charge is 0.496 e. The molecule has 0 aliphatic rings. The Labute approximate surface area is 213 Å². The molecule has 0 spiro atoms. The van der Waals surface area contributed by atoms with Gasteiger partial charge in [0.05, 0.1) is 25.9 Å². The number of methoxy groups -OCH3 is 1. The minimum atomic E-state index is -0.411. The molecule has 1 N–H and O–H groups in total. The molecule has 1 aromatic heterocycles. The van der Waals surface area contributed by atoms with Gasteiger partial charge in [0.1, 0.15) is 22.8 Å². The number of carbonyl (C=O) groups excluding carboxylic acids is 1. The summed E-state index contributed by atoms with van der Waals surface area (Å²) in [7, 11) is 1.69. The summed E-state index contributed by atoms with van der Waals surface area (Å²) in [6.07, 6.45) is 8.16. The second kappa shape index (κ2) is 14.3. The first-order valence-electron chi connectivity index (χ1n) is 12.8. The molecule has 0 fully saturated rings. The van der Waals surface area contributed by atoms with Crippen LogP contribution < -0.4 is 9.47 Å². The van der Waals surface area contributed by atoms with Crippen LogP contribution in [0.2, 0.25) is 0 Å². The molecular formula is C30H38O6.